The summed E-state index contributed by atoms with van der Waals surface area (Å²) in [5, 5.41) is 3.20. The maximum Gasteiger partial charge on any atom is 0.414 e. The molecule has 1 atom stereocenters. The van der Waals surface area contributed by atoms with Crippen LogP contribution in [0.4, 0.5) is 20.6 Å². The first kappa shape index (κ1) is 28.7. The molecule has 2 aromatic rings. The van der Waals surface area contributed by atoms with Crippen LogP contribution < -0.4 is 15.1 Å². The predicted octanol–water partition coefficient (Wildman–Crippen LogP) is 4.18. The highest BCUT2D eigenvalue weighted by molar-refractivity contribution is 6.48. The van der Waals surface area contributed by atoms with Crippen molar-refractivity contribution in [2.45, 2.75) is 13.0 Å². The molecule has 39 heavy (non-hydrogen) atoms. The fourth-order valence-corrected chi connectivity index (χ4v) is 4.83. The Morgan fingerprint density at radius 2 is 1.79 bits per heavy atom. The van der Waals surface area contributed by atoms with Gasteiger partial charge in [-0.25, -0.2) is 9.18 Å². The summed E-state index contributed by atoms with van der Waals surface area (Å²) in [6.07, 6.45) is 1.37. The number of nitrogens with one attached hydrogen (secondary N) is 1. The molecule has 0 unspecified atom stereocenters. The lowest BCUT2D eigenvalue weighted by Gasteiger charge is -2.36. The zero-order chi connectivity index (χ0) is 28.3. The molecule has 13 heteroatoms. The second kappa shape index (κ2) is 12.2. The van der Waals surface area contributed by atoms with Gasteiger partial charge in [-0.05, 0) is 42.0 Å². The summed E-state index contributed by atoms with van der Waals surface area (Å²) >= 11 is 18.0. The number of rotatable bonds is 7. The summed E-state index contributed by atoms with van der Waals surface area (Å²) in [4.78, 5) is 52.9. The molecular formula is C26H24Cl3FN4O5. The highest BCUT2D eigenvalue weighted by atomic mass is 35.5. The molecule has 2 saturated heterocycles. The number of nitrogens with zero attached hydrogens (tertiary/aromatic N) is 3. The minimum atomic E-state index is -0.726. The molecular weight excluding hydrogens is 574 g/mol. The highest BCUT2D eigenvalue weighted by Crippen LogP contribution is 2.33. The molecule has 9 nitrogen and oxygen atoms in total. The average Bonchev–Trinajstić information content (AvgIpc) is 3.30. The van der Waals surface area contributed by atoms with Crippen LogP contribution in [0.3, 0.4) is 0 Å². The van der Waals surface area contributed by atoms with Crippen molar-refractivity contribution in [3.8, 4) is 0 Å². The van der Waals surface area contributed by atoms with Crippen molar-refractivity contribution in [1.82, 2.24) is 10.2 Å². The maximum atomic E-state index is 15.0. The molecule has 0 spiro atoms. The lowest BCUT2D eigenvalue weighted by molar-refractivity contribution is -0.142. The van der Waals surface area contributed by atoms with Gasteiger partial charge in [0.2, 0.25) is 11.7 Å². The lowest BCUT2D eigenvalue weighted by Crippen LogP contribution is -2.50. The van der Waals surface area contributed by atoms with Crippen LogP contribution in [0.15, 0.2) is 36.4 Å². The van der Waals surface area contributed by atoms with Gasteiger partial charge in [0.1, 0.15) is 11.9 Å². The van der Waals surface area contributed by atoms with Crippen molar-refractivity contribution in [3.05, 3.63) is 62.9 Å². The van der Waals surface area contributed by atoms with Gasteiger partial charge in [-0.2, -0.15) is 0 Å². The van der Waals surface area contributed by atoms with Gasteiger partial charge in [0.05, 0.1) is 39.5 Å². The van der Waals surface area contributed by atoms with Crippen LogP contribution in [0.5, 0.6) is 0 Å². The molecule has 0 aliphatic carbocycles. The third kappa shape index (κ3) is 6.63. The number of benzene rings is 2. The summed E-state index contributed by atoms with van der Waals surface area (Å²) in [7, 11) is 0. The van der Waals surface area contributed by atoms with Crippen LogP contribution in [0.25, 0.3) is 6.08 Å². The van der Waals surface area contributed by atoms with Gasteiger partial charge in [-0.1, -0.05) is 40.9 Å². The van der Waals surface area contributed by atoms with E-state index in [0.717, 1.165) is 6.08 Å². The molecule has 2 aromatic carbocycles. The third-order valence-corrected chi connectivity index (χ3v) is 7.60. The van der Waals surface area contributed by atoms with Gasteiger partial charge in [-0.15, -0.1) is 0 Å². The first-order valence-corrected chi connectivity index (χ1v) is 13.1. The first-order chi connectivity index (χ1) is 18.5. The Bertz CT molecular complexity index is 1350. The van der Waals surface area contributed by atoms with Crippen molar-refractivity contribution >= 4 is 75.9 Å². The van der Waals surface area contributed by atoms with E-state index in [2.05, 4.69) is 5.32 Å². The number of ether oxygens (including phenoxy) is 1. The Morgan fingerprint density at radius 3 is 2.46 bits per heavy atom. The quantitative estimate of drug-likeness (QED) is 0.292. The lowest BCUT2D eigenvalue weighted by atomic mass is 10.1. The number of ketones is 1. The van der Waals surface area contributed by atoms with Crippen LogP contribution >= 0.6 is 34.8 Å². The fourth-order valence-electron chi connectivity index (χ4n) is 4.23. The molecule has 0 saturated carbocycles. The number of cyclic esters (lactones) is 1. The Kier molecular flexibility index (Phi) is 8.99. The van der Waals surface area contributed by atoms with Gasteiger partial charge >= 0.3 is 6.09 Å². The van der Waals surface area contributed by atoms with E-state index in [4.69, 9.17) is 39.5 Å². The van der Waals surface area contributed by atoms with Gasteiger partial charge in [0.15, 0.2) is 0 Å². The molecule has 0 bridgehead atoms. The van der Waals surface area contributed by atoms with Gasteiger partial charge in [0, 0.05) is 33.1 Å². The van der Waals surface area contributed by atoms with Crippen molar-refractivity contribution in [1.29, 1.82) is 0 Å². The molecule has 0 aromatic heterocycles. The number of hydrogen-bond donors (Lipinski definition) is 1. The number of carbonyl (C=O) groups excluding carboxylic acids is 4. The zero-order valence-corrected chi connectivity index (χ0v) is 23.0. The largest absolute Gasteiger partial charge is 0.442 e. The summed E-state index contributed by atoms with van der Waals surface area (Å²) in [5.74, 6) is -2.19. The molecule has 0 radical (unpaired) electrons. The molecule has 4 rings (SSSR count). The summed E-state index contributed by atoms with van der Waals surface area (Å²) in [6, 6.07) is 7.54. The number of anilines is 2. The minimum absolute atomic E-state index is 0.155. The normalized spacial score (nSPS) is 17.5. The number of carbonyl (C=O) groups is 4. The van der Waals surface area contributed by atoms with Crippen molar-refractivity contribution in [2.75, 3.05) is 49.1 Å². The van der Waals surface area contributed by atoms with Crippen molar-refractivity contribution in [2.24, 2.45) is 0 Å². The highest BCUT2D eigenvalue weighted by Gasteiger charge is 2.33. The Balaban J connectivity index is 1.33. The van der Waals surface area contributed by atoms with Crippen LogP contribution in [0, 0.1) is 5.82 Å². The molecule has 1 N–H and O–H groups in total. The molecule has 2 aliphatic heterocycles. The van der Waals surface area contributed by atoms with Crippen LogP contribution in [0.1, 0.15) is 12.5 Å². The van der Waals surface area contributed by atoms with E-state index >= 15 is 4.39 Å². The molecule has 2 aliphatic rings. The first-order valence-electron chi connectivity index (χ1n) is 12.0. The van der Waals surface area contributed by atoms with Crippen LogP contribution in [-0.2, 0) is 19.1 Å². The number of hydrogen-bond acceptors (Lipinski definition) is 6. The summed E-state index contributed by atoms with van der Waals surface area (Å²) in [6.45, 7) is 2.77. The smallest absolute Gasteiger partial charge is 0.414 e. The summed E-state index contributed by atoms with van der Waals surface area (Å²) in [5.41, 5.74) is 1.09. The van der Waals surface area contributed by atoms with E-state index in [9.17, 15) is 19.2 Å². The third-order valence-electron chi connectivity index (χ3n) is 6.29. The van der Waals surface area contributed by atoms with E-state index in [1.807, 2.05) is 0 Å². The second-order valence-corrected chi connectivity index (χ2v) is 10.1. The topological polar surface area (TPSA) is 99.3 Å². The molecule has 206 valence electrons. The Labute approximate surface area is 239 Å². The van der Waals surface area contributed by atoms with Crippen molar-refractivity contribution < 1.29 is 28.3 Å². The number of piperazine rings is 1. The van der Waals surface area contributed by atoms with E-state index in [1.54, 1.807) is 23.1 Å². The van der Waals surface area contributed by atoms with Gasteiger partial charge in [-0.3, -0.25) is 19.3 Å². The predicted molar refractivity (Wildman–Crippen MR) is 147 cm³/mol. The molecule has 3 amide bonds. The second-order valence-electron chi connectivity index (χ2n) is 8.93. The number of amides is 3. The average molecular weight is 598 g/mol. The number of halogens is 4. The maximum absolute atomic E-state index is 15.0. The fraction of sp³-hybridized carbons (Fsp3) is 0.308. The molecule has 2 fully saturated rings. The van der Waals surface area contributed by atoms with E-state index < -0.39 is 29.7 Å². The van der Waals surface area contributed by atoms with E-state index in [1.165, 1.54) is 34.9 Å². The Morgan fingerprint density at radius 1 is 1.08 bits per heavy atom. The van der Waals surface area contributed by atoms with Gasteiger partial charge in [0.25, 0.3) is 5.91 Å². The van der Waals surface area contributed by atoms with Gasteiger partial charge < -0.3 is 19.9 Å². The van der Waals surface area contributed by atoms with Crippen LogP contribution in [-0.4, -0.2) is 74.0 Å². The molecule has 2 heterocycles. The Hall–Kier alpha value is -3.34. The summed E-state index contributed by atoms with van der Waals surface area (Å²) < 4.78 is 20.3. The van der Waals surface area contributed by atoms with Crippen molar-refractivity contribution in [3.63, 3.8) is 0 Å². The standard InChI is InChI=1S/C26H24Cl3FN4O5/c1-15(35)31-13-18-14-34(26(38)39-18)17-4-6-21(20(30)12-17)32-8-10-33(11-9-32)25(37)22(36)7-3-16-2-5-19(27)24(29)23(16)28/h2-7,12,18H,8-11,13-14H2,1H3,(H,31,35)/b7-3+/t18-/m0/s1. The minimum Gasteiger partial charge on any atom is -0.442 e. The van der Waals surface area contributed by atoms with E-state index in [-0.39, 0.29) is 47.2 Å². The zero-order valence-electron chi connectivity index (χ0n) is 20.8. The SMILES string of the molecule is CC(=O)NC[C@H]1CN(c2ccc(N3CCN(C(=O)C(=O)/C=C/c4ccc(Cl)c(Cl)c4Cl)CC3)c(F)c2)C(=O)O1. The van der Waals surface area contributed by atoms with E-state index in [0.29, 0.717) is 30.0 Å². The van der Waals surface area contributed by atoms with Crippen LogP contribution in [0.2, 0.25) is 15.1 Å². The monoisotopic (exact) mass is 596 g/mol.